The van der Waals surface area contributed by atoms with Gasteiger partial charge in [0.25, 0.3) is 0 Å². The Bertz CT molecular complexity index is 386. The average Bonchev–Trinajstić information content (AvgIpc) is 2.27. The van der Waals surface area contributed by atoms with Crippen LogP contribution in [0.1, 0.15) is 42.9 Å². The van der Waals surface area contributed by atoms with E-state index < -0.39 is 0 Å². The fourth-order valence-corrected chi connectivity index (χ4v) is 2.98. The molecule has 0 aromatic heterocycles. The van der Waals surface area contributed by atoms with Crippen LogP contribution in [0.2, 0.25) is 0 Å². The Morgan fingerprint density at radius 1 is 1.29 bits per heavy atom. The van der Waals surface area contributed by atoms with Crippen LogP contribution in [0.4, 0.5) is 0 Å². The lowest BCUT2D eigenvalue weighted by atomic mass is 9.77. The summed E-state index contributed by atoms with van der Waals surface area (Å²) < 4.78 is 5.91. The van der Waals surface area contributed by atoms with Crippen LogP contribution >= 0.6 is 0 Å². The summed E-state index contributed by atoms with van der Waals surface area (Å²) in [7, 11) is 0. The first-order chi connectivity index (χ1) is 8.34. The van der Waals surface area contributed by atoms with Crippen LogP contribution in [0.5, 0.6) is 0 Å². The Balaban J connectivity index is 1.71. The predicted octanol–water partition coefficient (Wildman–Crippen LogP) is 2.82. The van der Waals surface area contributed by atoms with Gasteiger partial charge in [0.2, 0.25) is 0 Å². The molecule has 1 saturated carbocycles. The van der Waals surface area contributed by atoms with Gasteiger partial charge in [-0.2, -0.15) is 0 Å². The standard InChI is InChI=1S/C15H21NO/c16-14(12-5-3-6-12)10-15-13-7-2-1-4-11(13)8-9-17-15/h1-2,4,7,12,14-15H,3,5-6,8-10,16H2. The van der Waals surface area contributed by atoms with Crippen LogP contribution in [-0.2, 0) is 11.2 Å². The van der Waals surface area contributed by atoms with E-state index in [1.165, 1.54) is 30.4 Å². The molecule has 0 amide bonds. The third-order valence-corrected chi connectivity index (χ3v) is 4.33. The van der Waals surface area contributed by atoms with Crippen LogP contribution in [0.15, 0.2) is 24.3 Å². The van der Waals surface area contributed by atoms with Gasteiger partial charge in [-0.25, -0.2) is 0 Å². The summed E-state index contributed by atoms with van der Waals surface area (Å²) in [6, 6.07) is 8.97. The smallest absolute Gasteiger partial charge is 0.0842 e. The molecule has 2 atom stereocenters. The molecule has 1 aliphatic carbocycles. The second-order valence-electron chi connectivity index (χ2n) is 5.40. The minimum Gasteiger partial charge on any atom is -0.373 e. The van der Waals surface area contributed by atoms with Gasteiger partial charge < -0.3 is 10.5 Å². The Labute approximate surface area is 103 Å². The van der Waals surface area contributed by atoms with Crippen molar-refractivity contribution in [3.63, 3.8) is 0 Å². The Kier molecular flexibility index (Phi) is 3.17. The lowest BCUT2D eigenvalue weighted by Crippen LogP contribution is -2.37. The molecular formula is C15H21NO. The van der Waals surface area contributed by atoms with E-state index in [0.717, 1.165) is 25.4 Å². The van der Waals surface area contributed by atoms with Crippen LogP contribution in [0, 0.1) is 5.92 Å². The van der Waals surface area contributed by atoms with E-state index in [1.54, 1.807) is 0 Å². The van der Waals surface area contributed by atoms with Crippen molar-refractivity contribution in [1.29, 1.82) is 0 Å². The van der Waals surface area contributed by atoms with Crippen molar-refractivity contribution >= 4 is 0 Å². The average molecular weight is 231 g/mol. The monoisotopic (exact) mass is 231 g/mol. The van der Waals surface area contributed by atoms with Gasteiger partial charge in [-0.05, 0) is 42.7 Å². The van der Waals surface area contributed by atoms with Crippen LogP contribution in [0.3, 0.4) is 0 Å². The molecule has 2 unspecified atom stereocenters. The normalized spacial score (nSPS) is 26.1. The zero-order valence-electron chi connectivity index (χ0n) is 10.3. The molecule has 2 N–H and O–H groups in total. The summed E-state index contributed by atoms with van der Waals surface area (Å²) in [5.74, 6) is 0.743. The fraction of sp³-hybridized carbons (Fsp3) is 0.600. The summed E-state index contributed by atoms with van der Waals surface area (Å²) in [6.45, 7) is 0.846. The van der Waals surface area contributed by atoms with Gasteiger partial charge in [-0.3, -0.25) is 0 Å². The molecule has 0 saturated heterocycles. The van der Waals surface area contributed by atoms with Crippen molar-refractivity contribution in [3.8, 4) is 0 Å². The van der Waals surface area contributed by atoms with Crippen molar-refractivity contribution in [2.45, 2.75) is 44.2 Å². The highest BCUT2D eigenvalue weighted by molar-refractivity contribution is 5.31. The quantitative estimate of drug-likeness (QED) is 0.868. The van der Waals surface area contributed by atoms with Crippen molar-refractivity contribution < 1.29 is 4.74 Å². The van der Waals surface area contributed by atoms with Crippen molar-refractivity contribution in [2.75, 3.05) is 6.61 Å². The molecule has 2 heteroatoms. The second-order valence-corrected chi connectivity index (χ2v) is 5.40. The molecule has 3 rings (SSSR count). The van der Waals surface area contributed by atoms with E-state index in [0.29, 0.717) is 6.04 Å². The fourth-order valence-electron chi connectivity index (χ4n) is 2.98. The maximum Gasteiger partial charge on any atom is 0.0842 e. The SMILES string of the molecule is NC(CC1OCCc2ccccc21)C1CCC1. The lowest BCUT2D eigenvalue weighted by molar-refractivity contribution is 0.0242. The molecular weight excluding hydrogens is 210 g/mol. The highest BCUT2D eigenvalue weighted by Gasteiger charge is 2.29. The van der Waals surface area contributed by atoms with Crippen LogP contribution < -0.4 is 5.73 Å². The number of benzene rings is 1. The highest BCUT2D eigenvalue weighted by atomic mass is 16.5. The predicted molar refractivity (Wildman–Crippen MR) is 68.8 cm³/mol. The summed E-state index contributed by atoms with van der Waals surface area (Å²) in [5.41, 5.74) is 9.10. The zero-order chi connectivity index (χ0) is 11.7. The van der Waals surface area contributed by atoms with Gasteiger partial charge in [0.05, 0.1) is 12.7 Å². The molecule has 1 fully saturated rings. The van der Waals surface area contributed by atoms with Gasteiger partial charge >= 0.3 is 0 Å². The zero-order valence-corrected chi connectivity index (χ0v) is 10.3. The Morgan fingerprint density at radius 2 is 2.12 bits per heavy atom. The van der Waals surface area contributed by atoms with Crippen molar-refractivity contribution in [3.05, 3.63) is 35.4 Å². The number of ether oxygens (including phenoxy) is 1. The molecule has 0 bridgehead atoms. The number of hydrogen-bond acceptors (Lipinski definition) is 2. The molecule has 0 spiro atoms. The molecule has 92 valence electrons. The minimum atomic E-state index is 0.232. The largest absolute Gasteiger partial charge is 0.373 e. The maximum atomic E-state index is 6.29. The Morgan fingerprint density at radius 3 is 2.88 bits per heavy atom. The lowest BCUT2D eigenvalue weighted by Gasteiger charge is -2.35. The maximum absolute atomic E-state index is 6.29. The minimum absolute atomic E-state index is 0.232. The van der Waals surface area contributed by atoms with Crippen molar-refractivity contribution in [2.24, 2.45) is 11.7 Å². The molecule has 0 radical (unpaired) electrons. The second kappa shape index (κ2) is 4.79. The van der Waals surface area contributed by atoms with E-state index >= 15 is 0 Å². The number of hydrogen-bond donors (Lipinski definition) is 1. The summed E-state index contributed by atoms with van der Waals surface area (Å²) in [5, 5.41) is 0. The third-order valence-electron chi connectivity index (χ3n) is 4.33. The van der Waals surface area contributed by atoms with Gasteiger partial charge in [-0.15, -0.1) is 0 Å². The van der Waals surface area contributed by atoms with Gasteiger partial charge in [-0.1, -0.05) is 30.7 Å². The summed E-state index contributed by atoms with van der Waals surface area (Å²) >= 11 is 0. The van der Waals surface area contributed by atoms with Gasteiger partial charge in [0, 0.05) is 6.04 Å². The van der Waals surface area contributed by atoms with Gasteiger partial charge in [0.1, 0.15) is 0 Å². The van der Waals surface area contributed by atoms with E-state index in [-0.39, 0.29) is 6.10 Å². The third kappa shape index (κ3) is 2.24. The number of fused-ring (bicyclic) bond motifs is 1. The van der Waals surface area contributed by atoms with E-state index in [4.69, 9.17) is 10.5 Å². The first-order valence-electron chi connectivity index (χ1n) is 6.79. The first-order valence-corrected chi connectivity index (χ1v) is 6.79. The van der Waals surface area contributed by atoms with E-state index in [2.05, 4.69) is 24.3 Å². The first kappa shape index (κ1) is 11.2. The Hall–Kier alpha value is -0.860. The van der Waals surface area contributed by atoms with E-state index in [1.807, 2.05) is 0 Å². The van der Waals surface area contributed by atoms with Crippen LogP contribution in [-0.4, -0.2) is 12.6 Å². The molecule has 1 heterocycles. The molecule has 2 aliphatic rings. The molecule has 17 heavy (non-hydrogen) atoms. The molecule has 1 aromatic rings. The molecule has 1 aromatic carbocycles. The van der Waals surface area contributed by atoms with E-state index in [9.17, 15) is 0 Å². The van der Waals surface area contributed by atoms with Crippen molar-refractivity contribution in [1.82, 2.24) is 0 Å². The number of nitrogens with two attached hydrogens (primary N) is 1. The topological polar surface area (TPSA) is 35.2 Å². The summed E-state index contributed by atoms with van der Waals surface area (Å²) in [4.78, 5) is 0. The number of rotatable bonds is 3. The highest BCUT2D eigenvalue weighted by Crippen LogP contribution is 2.36. The van der Waals surface area contributed by atoms with Crippen LogP contribution in [0.25, 0.3) is 0 Å². The van der Waals surface area contributed by atoms with Gasteiger partial charge in [0.15, 0.2) is 0 Å². The molecule has 1 aliphatic heterocycles. The molecule has 2 nitrogen and oxygen atoms in total. The summed E-state index contributed by atoms with van der Waals surface area (Å²) in [6.07, 6.45) is 6.26.